The van der Waals surface area contributed by atoms with Crippen LogP contribution in [0.3, 0.4) is 0 Å². The Labute approximate surface area is 438 Å². The van der Waals surface area contributed by atoms with Crippen LogP contribution in [0.2, 0.25) is 0 Å². The summed E-state index contributed by atoms with van der Waals surface area (Å²) in [5.41, 5.74) is 6.06. The maximum absolute atomic E-state index is 15.2. The standard InChI is InChI=1S/C29H29FN6O3S.C22H23FN6O.CH4.CH3.W/c1-18-5-7-24(8-6-18)40(37,38)35-10-9-25-26(13-22(30)14-28(25)35)27-15-23(36-20(3)32-33-21(36)4)16-29(31-27)34-11-12-39-17-19(34)2;1-13-12-30-7-6-28(13)22-11-17(29-14(2)26-27-15(29)3)10-21(25-22)19-8-16(23)9-20-18(19)4-5-24-20;;;/h5-10,13-16,19H,11-12,17H2,1-4H3;4-5,8-11,13,24H,6-7,12H2,1-3H3;1H4;1H3;/q;;;-1;/t19-;13-;;;/m11.../s1. The topological polar surface area (TPSA) is 167 Å². The van der Waals surface area contributed by atoms with Crippen LogP contribution in [0.4, 0.5) is 20.4 Å². The molecule has 3 aromatic carbocycles. The van der Waals surface area contributed by atoms with Crippen molar-refractivity contribution >= 4 is 43.5 Å². The first-order chi connectivity index (χ1) is 33.6. The zero-order valence-corrected chi connectivity index (χ0v) is 45.0. The summed E-state index contributed by atoms with van der Waals surface area (Å²) in [7, 11) is -3.96. The minimum atomic E-state index is -3.96. The van der Waals surface area contributed by atoms with Gasteiger partial charge in [0.25, 0.3) is 10.0 Å². The maximum atomic E-state index is 15.2. The molecule has 2 aliphatic rings. The smallest absolute Gasteiger partial charge is 0.268 e. The minimum Gasteiger partial charge on any atom is -0.377 e. The number of pyridine rings is 2. The summed E-state index contributed by atoms with van der Waals surface area (Å²) in [6.45, 7) is 17.5. The fraction of sp³-hybridized carbons (Fsp3) is 0.302. The molecule has 0 aliphatic carbocycles. The predicted molar refractivity (Wildman–Crippen MR) is 278 cm³/mol. The molecule has 0 radical (unpaired) electrons. The van der Waals surface area contributed by atoms with Crippen molar-refractivity contribution in [2.75, 3.05) is 49.3 Å². The molecular formula is C53H59F2N12O4SW-. The van der Waals surface area contributed by atoms with Crippen LogP contribution >= 0.6 is 0 Å². The minimum absolute atomic E-state index is 0. The Morgan fingerprint density at radius 2 is 1.11 bits per heavy atom. The molecule has 16 nitrogen and oxygen atoms in total. The van der Waals surface area contributed by atoms with E-state index in [1.165, 1.54) is 24.4 Å². The van der Waals surface area contributed by atoms with E-state index in [-0.39, 0.29) is 64.2 Å². The Bertz CT molecular complexity index is 3500. The van der Waals surface area contributed by atoms with Crippen molar-refractivity contribution < 1.29 is 47.7 Å². The number of nitrogens with one attached hydrogen (secondary N) is 1. The molecule has 0 bridgehead atoms. The second kappa shape index (κ2) is 21.8. The fourth-order valence-electron chi connectivity index (χ4n) is 9.42. The molecule has 8 heterocycles. The van der Waals surface area contributed by atoms with E-state index in [0.717, 1.165) is 61.4 Å². The first kappa shape index (κ1) is 54.1. The van der Waals surface area contributed by atoms with Crippen LogP contribution < -0.4 is 9.80 Å². The average Bonchev–Trinajstić information content (AvgIpc) is 4.15. The van der Waals surface area contributed by atoms with Gasteiger partial charge in [-0.25, -0.2) is 31.1 Å². The van der Waals surface area contributed by atoms with Gasteiger partial charge < -0.3 is 31.7 Å². The molecule has 2 aliphatic heterocycles. The van der Waals surface area contributed by atoms with Gasteiger partial charge in [-0.15, -0.1) is 20.4 Å². The normalized spacial score (nSPS) is 15.8. The SMILES string of the molecule is C.Cc1ccc(S(=O)(=O)n2ccc3c(-c4cc(-n5c(C)nnc5C)cc(N5CCOC[C@H]5C)n4)cc(F)cc32)cc1.Cc1nnc(C)n1-c1cc(-c2cc(F)cc3[nH]ccc23)nc(N2CCOC[C@H]2C)c1.[CH3-].[W]. The molecule has 0 saturated carbocycles. The number of H-pyrrole nitrogens is 1. The molecule has 11 rings (SSSR count). The first-order valence-corrected chi connectivity index (χ1v) is 24.5. The van der Waals surface area contributed by atoms with Gasteiger partial charge in [-0.05, 0) is 109 Å². The van der Waals surface area contributed by atoms with E-state index in [1.54, 1.807) is 36.4 Å². The summed E-state index contributed by atoms with van der Waals surface area (Å²) in [5.74, 6) is 3.66. The summed E-state index contributed by atoms with van der Waals surface area (Å²) in [6.07, 6.45) is 3.28. The predicted octanol–water partition coefficient (Wildman–Crippen LogP) is 9.69. The van der Waals surface area contributed by atoms with Crippen LogP contribution in [0.5, 0.6) is 0 Å². The third kappa shape index (κ3) is 10.5. The molecule has 0 spiro atoms. The number of anilines is 2. The molecule has 1 N–H and O–H groups in total. The number of halogens is 2. The van der Waals surface area contributed by atoms with E-state index >= 15 is 4.39 Å². The summed E-state index contributed by atoms with van der Waals surface area (Å²) in [4.78, 5) is 17.5. The number of rotatable bonds is 8. The van der Waals surface area contributed by atoms with Gasteiger partial charge in [0.05, 0.1) is 71.7 Å². The van der Waals surface area contributed by atoms with Gasteiger partial charge in [-0.3, -0.25) is 9.13 Å². The Morgan fingerprint density at radius 3 is 1.60 bits per heavy atom. The van der Waals surface area contributed by atoms with Crippen LogP contribution in [0.15, 0.2) is 102 Å². The van der Waals surface area contributed by atoms with Crippen LogP contribution in [0.25, 0.3) is 55.7 Å². The van der Waals surface area contributed by atoms with Crippen molar-refractivity contribution in [3.8, 4) is 33.9 Å². The molecule has 2 fully saturated rings. The number of ether oxygens (including phenoxy) is 2. The van der Waals surface area contributed by atoms with E-state index in [2.05, 4.69) is 49.0 Å². The van der Waals surface area contributed by atoms with E-state index < -0.39 is 15.8 Å². The Kier molecular flexibility index (Phi) is 16.2. The van der Waals surface area contributed by atoms with Crippen molar-refractivity contribution in [2.24, 2.45) is 0 Å². The Balaban J connectivity index is 0.000000213. The van der Waals surface area contributed by atoms with E-state index in [4.69, 9.17) is 19.4 Å². The fourth-order valence-corrected chi connectivity index (χ4v) is 10.8. The number of aryl methyl sites for hydroxylation is 5. The molecule has 6 aromatic heterocycles. The summed E-state index contributed by atoms with van der Waals surface area (Å²) >= 11 is 0. The van der Waals surface area contributed by atoms with Crippen LogP contribution in [-0.2, 0) is 40.6 Å². The first-order valence-electron chi connectivity index (χ1n) is 23.1. The maximum Gasteiger partial charge on any atom is 0.268 e. The number of morpholine rings is 2. The summed E-state index contributed by atoms with van der Waals surface area (Å²) in [5, 5.41) is 18.3. The van der Waals surface area contributed by atoms with Crippen molar-refractivity contribution in [1.82, 2.24) is 48.5 Å². The largest absolute Gasteiger partial charge is 0.377 e. The number of fused-ring (bicyclic) bond motifs is 2. The van der Waals surface area contributed by atoms with Gasteiger partial charge in [0, 0.05) is 86.1 Å². The molecule has 20 heteroatoms. The summed E-state index contributed by atoms with van der Waals surface area (Å²) < 4.78 is 73.0. The van der Waals surface area contributed by atoms with E-state index in [1.807, 2.05) is 80.3 Å². The van der Waals surface area contributed by atoms with Crippen LogP contribution in [0, 0.1) is 53.7 Å². The molecule has 9 aromatic rings. The molecular weight excluding hydrogens is 1120 g/mol. The van der Waals surface area contributed by atoms with Crippen molar-refractivity contribution in [2.45, 2.75) is 72.9 Å². The Morgan fingerprint density at radius 1 is 0.630 bits per heavy atom. The molecule has 2 saturated heterocycles. The van der Waals surface area contributed by atoms with Gasteiger partial charge in [0.2, 0.25) is 0 Å². The molecule has 382 valence electrons. The molecule has 0 unspecified atom stereocenters. The average molecular weight is 1180 g/mol. The van der Waals surface area contributed by atoms with Gasteiger partial charge in [-0.1, -0.05) is 25.1 Å². The Hall–Kier alpha value is -6.66. The van der Waals surface area contributed by atoms with Gasteiger partial charge >= 0.3 is 0 Å². The number of hydrogen-bond acceptors (Lipinski definition) is 12. The monoisotopic (exact) mass is 1180 g/mol. The number of nitrogens with zero attached hydrogens (tertiary/aromatic N) is 11. The third-order valence-corrected chi connectivity index (χ3v) is 14.6. The zero-order chi connectivity index (χ0) is 49.0. The van der Waals surface area contributed by atoms with Crippen molar-refractivity contribution in [3.63, 3.8) is 0 Å². The van der Waals surface area contributed by atoms with E-state index in [0.29, 0.717) is 72.8 Å². The number of aromatic amines is 1. The number of aromatic nitrogens is 10. The van der Waals surface area contributed by atoms with Crippen molar-refractivity contribution in [1.29, 1.82) is 0 Å². The zero-order valence-electron chi connectivity index (χ0n) is 41.3. The van der Waals surface area contributed by atoms with E-state index in [9.17, 15) is 12.8 Å². The molecule has 2 atom stereocenters. The second-order valence-electron chi connectivity index (χ2n) is 17.8. The van der Waals surface area contributed by atoms with Gasteiger partial charge in [-0.2, -0.15) is 0 Å². The second-order valence-corrected chi connectivity index (χ2v) is 19.7. The quantitative estimate of drug-likeness (QED) is 0.143. The summed E-state index contributed by atoms with van der Waals surface area (Å²) in [6, 6.07) is 24.0. The van der Waals surface area contributed by atoms with Gasteiger partial charge in [0.1, 0.15) is 46.6 Å². The number of benzene rings is 3. The van der Waals surface area contributed by atoms with Gasteiger partial charge in [0.15, 0.2) is 0 Å². The number of hydrogen-bond donors (Lipinski definition) is 1. The van der Waals surface area contributed by atoms with Crippen molar-refractivity contribution in [3.05, 3.63) is 145 Å². The third-order valence-electron chi connectivity index (χ3n) is 12.9. The van der Waals surface area contributed by atoms with Crippen LogP contribution in [-0.4, -0.2) is 108 Å². The van der Waals surface area contributed by atoms with Crippen LogP contribution in [0.1, 0.15) is 50.1 Å². The molecule has 73 heavy (non-hydrogen) atoms. The molecule has 0 amide bonds.